The average Bonchev–Trinajstić information content (AvgIpc) is 3.30. The number of carbonyl (C=O) groups is 2. The highest BCUT2D eigenvalue weighted by Crippen LogP contribution is 2.08. The van der Waals surface area contributed by atoms with Crippen LogP contribution < -0.4 is 10.9 Å². The van der Waals surface area contributed by atoms with Crippen molar-refractivity contribution in [2.24, 2.45) is 10.2 Å². The van der Waals surface area contributed by atoms with Gasteiger partial charge in [0.25, 0.3) is 0 Å². The molecule has 0 unspecified atom stereocenters. The van der Waals surface area contributed by atoms with Gasteiger partial charge in [-0.15, -0.1) is 0 Å². The molecule has 0 spiro atoms. The summed E-state index contributed by atoms with van der Waals surface area (Å²) in [7, 11) is 0. The highest BCUT2D eigenvalue weighted by molar-refractivity contribution is 5.95. The smallest absolute Gasteiger partial charge is 0.307 e. The van der Waals surface area contributed by atoms with Gasteiger partial charge in [0.15, 0.2) is 11.5 Å². The Bertz CT molecular complexity index is 945. The third-order valence-corrected chi connectivity index (χ3v) is 4.38. The molecule has 0 aliphatic heterocycles. The van der Waals surface area contributed by atoms with Crippen LogP contribution in [0.15, 0.2) is 87.4 Å². The first-order chi connectivity index (χ1) is 15.2. The van der Waals surface area contributed by atoms with Crippen LogP contribution in [0.5, 0.6) is 0 Å². The Hall–Kier alpha value is -4.00. The highest BCUT2D eigenvalue weighted by Gasteiger charge is 2.14. The lowest BCUT2D eigenvalue weighted by Crippen LogP contribution is -2.18. The zero-order valence-corrected chi connectivity index (χ0v) is 17.0. The van der Waals surface area contributed by atoms with E-state index in [0.717, 1.165) is 12.8 Å². The van der Waals surface area contributed by atoms with Gasteiger partial charge in [-0.2, -0.15) is 10.2 Å². The van der Waals surface area contributed by atoms with E-state index in [1.165, 1.54) is 23.3 Å². The Morgan fingerprint density at radius 1 is 0.677 bits per heavy atom. The van der Waals surface area contributed by atoms with Gasteiger partial charge in [-0.05, 0) is 48.9 Å². The van der Waals surface area contributed by atoms with E-state index in [0.29, 0.717) is 12.8 Å². The molecule has 2 amide bonds. The van der Waals surface area contributed by atoms with Crippen LogP contribution in [0.4, 0.5) is 0 Å². The quantitative estimate of drug-likeness (QED) is 0.387. The molecule has 0 atom stereocenters. The van der Waals surface area contributed by atoms with Crippen LogP contribution in [0.1, 0.15) is 45.1 Å². The van der Waals surface area contributed by atoms with Crippen molar-refractivity contribution in [2.45, 2.75) is 25.7 Å². The van der Waals surface area contributed by atoms with Crippen LogP contribution in [-0.2, 0) is 12.8 Å². The maximum Gasteiger partial charge on any atom is 0.307 e. The zero-order valence-electron chi connectivity index (χ0n) is 17.0. The summed E-state index contributed by atoms with van der Waals surface area (Å²) in [6, 6.07) is 22.8. The molecule has 2 N–H and O–H groups in total. The number of hydrazone groups is 2. The Morgan fingerprint density at radius 2 is 1.10 bits per heavy atom. The van der Waals surface area contributed by atoms with E-state index in [1.54, 1.807) is 12.4 Å². The fraction of sp³-hybridized carbons (Fsp3) is 0.167. The second kappa shape index (κ2) is 11.9. The predicted molar refractivity (Wildman–Crippen MR) is 120 cm³/mol. The van der Waals surface area contributed by atoms with Gasteiger partial charge < -0.3 is 4.42 Å². The molecule has 158 valence electrons. The molecule has 2 aromatic carbocycles. The van der Waals surface area contributed by atoms with Crippen molar-refractivity contribution in [1.82, 2.24) is 10.9 Å². The first kappa shape index (κ1) is 21.7. The van der Waals surface area contributed by atoms with Gasteiger partial charge in [0.2, 0.25) is 0 Å². The second-order valence-corrected chi connectivity index (χ2v) is 6.72. The molecule has 1 aromatic heterocycles. The summed E-state index contributed by atoms with van der Waals surface area (Å²) in [6.45, 7) is 0. The Kier molecular flexibility index (Phi) is 8.31. The Labute approximate surface area is 180 Å². The number of furan rings is 1. The van der Waals surface area contributed by atoms with Gasteiger partial charge in [0.05, 0.1) is 0 Å². The minimum absolute atomic E-state index is 0.00147. The van der Waals surface area contributed by atoms with Gasteiger partial charge in [-0.1, -0.05) is 60.7 Å². The maximum absolute atomic E-state index is 12.1. The van der Waals surface area contributed by atoms with Crippen LogP contribution in [0.25, 0.3) is 0 Å². The Morgan fingerprint density at radius 3 is 1.52 bits per heavy atom. The third-order valence-electron chi connectivity index (χ3n) is 4.38. The van der Waals surface area contributed by atoms with Crippen molar-refractivity contribution in [3.05, 3.63) is 95.4 Å². The van der Waals surface area contributed by atoms with Crippen LogP contribution >= 0.6 is 0 Å². The minimum Gasteiger partial charge on any atom is -0.446 e. The third kappa shape index (κ3) is 7.40. The normalized spacial score (nSPS) is 11.1. The lowest BCUT2D eigenvalue weighted by atomic mass is 10.1. The van der Waals surface area contributed by atoms with Crippen LogP contribution in [0.3, 0.4) is 0 Å². The molecule has 0 radical (unpaired) electrons. The average molecular weight is 416 g/mol. The van der Waals surface area contributed by atoms with Crippen LogP contribution in [0.2, 0.25) is 0 Å². The molecule has 0 saturated heterocycles. The topological polar surface area (TPSA) is 96.1 Å². The van der Waals surface area contributed by atoms with Crippen molar-refractivity contribution < 1.29 is 14.0 Å². The van der Waals surface area contributed by atoms with Gasteiger partial charge in [-0.3, -0.25) is 9.59 Å². The monoisotopic (exact) mass is 416 g/mol. The molecule has 0 saturated carbocycles. The van der Waals surface area contributed by atoms with Gasteiger partial charge in [-0.25, -0.2) is 10.9 Å². The highest BCUT2D eigenvalue weighted by atomic mass is 16.4. The molecular weight excluding hydrogens is 392 g/mol. The van der Waals surface area contributed by atoms with Crippen LogP contribution in [0, 0.1) is 0 Å². The molecule has 7 heteroatoms. The van der Waals surface area contributed by atoms with E-state index >= 15 is 0 Å². The fourth-order valence-corrected chi connectivity index (χ4v) is 2.78. The SMILES string of the molecule is O=C(NN=CCCc1ccccc1)c1ccc(C(=O)NN=CCCc2ccccc2)o1. The fourth-order valence-electron chi connectivity index (χ4n) is 2.78. The lowest BCUT2D eigenvalue weighted by molar-refractivity contribution is 0.0902. The molecule has 7 nitrogen and oxygen atoms in total. The summed E-state index contributed by atoms with van der Waals surface area (Å²) < 4.78 is 5.29. The summed E-state index contributed by atoms with van der Waals surface area (Å²) in [5.41, 5.74) is 7.17. The number of hydrogen-bond donors (Lipinski definition) is 2. The lowest BCUT2D eigenvalue weighted by Gasteiger charge is -1.98. The molecule has 0 bridgehead atoms. The number of nitrogens with zero attached hydrogens (tertiary/aromatic N) is 2. The zero-order chi connectivity index (χ0) is 21.7. The molecular formula is C24H24N4O3. The van der Waals surface area contributed by atoms with Crippen molar-refractivity contribution in [3.8, 4) is 0 Å². The second-order valence-electron chi connectivity index (χ2n) is 6.72. The summed E-state index contributed by atoms with van der Waals surface area (Å²) >= 11 is 0. The predicted octanol–water partition coefficient (Wildman–Crippen LogP) is 3.98. The number of benzene rings is 2. The number of aryl methyl sites for hydroxylation is 2. The van der Waals surface area contributed by atoms with E-state index in [1.807, 2.05) is 60.7 Å². The van der Waals surface area contributed by atoms with E-state index in [-0.39, 0.29) is 11.5 Å². The molecule has 0 fully saturated rings. The van der Waals surface area contributed by atoms with Crippen LogP contribution in [-0.4, -0.2) is 24.2 Å². The number of carbonyl (C=O) groups excluding carboxylic acids is 2. The molecule has 3 rings (SSSR count). The maximum atomic E-state index is 12.1. The van der Waals surface area contributed by atoms with E-state index < -0.39 is 11.8 Å². The summed E-state index contributed by atoms with van der Waals surface area (Å²) in [5, 5.41) is 7.81. The molecule has 1 heterocycles. The van der Waals surface area contributed by atoms with Gasteiger partial charge in [0.1, 0.15) is 0 Å². The largest absolute Gasteiger partial charge is 0.446 e. The number of rotatable bonds is 10. The van der Waals surface area contributed by atoms with Gasteiger partial charge >= 0.3 is 11.8 Å². The van der Waals surface area contributed by atoms with Crippen molar-refractivity contribution in [2.75, 3.05) is 0 Å². The Balaban J connectivity index is 1.38. The molecule has 0 aliphatic rings. The van der Waals surface area contributed by atoms with Crippen molar-refractivity contribution in [3.63, 3.8) is 0 Å². The number of hydrogen-bond acceptors (Lipinski definition) is 5. The van der Waals surface area contributed by atoms with E-state index in [2.05, 4.69) is 21.1 Å². The van der Waals surface area contributed by atoms with E-state index in [9.17, 15) is 9.59 Å². The minimum atomic E-state index is -0.527. The van der Waals surface area contributed by atoms with Crippen molar-refractivity contribution in [1.29, 1.82) is 0 Å². The first-order valence-electron chi connectivity index (χ1n) is 10.0. The summed E-state index contributed by atoms with van der Waals surface area (Å²) in [6.07, 6.45) is 6.31. The standard InChI is InChI=1S/C24H24N4O3/c29-23(27-25-17-7-13-19-9-3-1-4-10-19)21-15-16-22(31-21)24(30)28-26-18-8-14-20-11-5-2-6-12-20/h1-6,9-12,15-18H,7-8,13-14H2,(H,27,29)(H,28,30). The number of amides is 2. The number of nitrogens with one attached hydrogen (secondary N) is 2. The summed E-state index contributed by atoms with van der Waals surface area (Å²) in [4.78, 5) is 24.1. The van der Waals surface area contributed by atoms with Crippen molar-refractivity contribution >= 4 is 24.2 Å². The molecule has 3 aromatic rings. The molecule has 31 heavy (non-hydrogen) atoms. The van der Waals surface area contributed by atoms with Gasteiger partial charge in [0, 0.05) is 12.4 Å². The first-order valence-corrected chi connectivity index (χ1v) is 10.0. The molecule has 0 aliphatic carbocycles. The summed E-state index contributed by atoms with van der Waals surface area (Å²) in [5.74, 6) is -1.06. The van der Waals surface area contributed by atoms with E-state index in [4.69, 9.17) is 4.42 Å².